The first-order valence-corrected chi connectivity index (χ1v) is 8.55. The number of aryl methyl sites for hydroxylation is 1. The van der Waals surface area contributed by atoms with E-state index in [0.717, 1.165) is 5.56 Å². The molecule has 28 heavy (non-hydrogen) atoms. The van der Waals surface area contributed by atoms with Crippen LogP contribution in [0.5, 0.6) is 5.75 Å². The van der Waals surface area contributed by atoms with Crippen LogP contribution in [0.15, 0.2) is 42.5 Å². The second-order valence-electron chi connectivity index (χ2n) is 6.21. The monoisotopic (exact) mass is 380 g/mol. The van der Waals surface area contributed by atoms with E-state index in [4.69, 9.17) is 9.47 Å². The quantitative estimate of drug-likeness (QED) is 0.698. The molecule has 0 aliphatic carbocycles. The Morgan fingerprint density at radius 3 is 2.21 bits per heavy atom. The molecule has 0 amide bonds. The average molecular weight is 380 g/mol. The predicted molar refractivity (Wildman–Crippen MR) is 103 cm³/mol. The molecule has 1 heterocycles. The summed E-state index contributed by atoms with van der Waals surface area (Å²) in [6.07, 6.45) is 0. The Bertz CT molecular complexity index is 1050. The van der Waals surface area contributed by atoms with Crippen LogP contribution in [-0.4, -0.2) is 41.0 Å². The van der Waals surface area contributed by atoms with Gasteiger partial charge in [-0.25, -0.2) is 14.3 Å². The van der Waals surface area contributed by atoms with Gasteiger partial charge in [0.1, 0.15) is 17.0 Å². The number of carbonyl (C=O) groups is 2. The maximum absolute atomic E-state index is 12.6. The van der Waals surface area contributed by atoms with Gasteiger partial charge in [-0.1, -0.05) is 24.3 Å². The van der Waals surface area contributed by atoms with Crippen molar-refractivity contribution in [1.82, 2.24) is 9.78 Å². The highest BCUT2D eigenvalue weighted by molar-refractivity contribution is 6.07. The second kappa shape index (κ2) is 7.56. The number of phenolic OH excluding ortho intramolecular Hbond substituents is 1. The lowest BCUT2D eigenvalue weighted by atomic mass is 9.99. The molecule has 0 saturated heterocycles. The molecule has 0 spiro atoms. The number of phenols is 1. The van der Waals surface area contributed by atoms with Crippen molar-refractivity contribution in [2.45, 2.75) is 13.8 Å². The standard InChI is InChI=1S/C21H20N2O5/c1-12-10-11-15(19(24)13(12)2)17-16(20(25)27-3)18(21(26)28-4)23(22-17)14-8-6-5-7-9-14/h5-11,24H,1-4H3. The summed E-state index contributed by atoms with van der Waals surface area (Å²) in [7, 11) is 2.44. The maximum Gasteiger partial charge on any atom is 0.357 e. The lowest BCUT2D eigenvalue weighted by Crippen LogP contribution is -2.15. The van der Waals surface area contributed by atoms with Crippen molar-refractivity contribution in [2.24, 2.45) is 0 Å². The molecule has 1 aromatic heterocycles. The van der Waals surface area contributed by atoms with E-state index in [2.05, 4.69) is 5.10 Å². The van der Waals surface area contributed by atoms with Gasteiger partial charge < -0.3 is 14.6 Å². The predicted octanol–water partition coefficient (Wildman–Crippen LogP) is 3.43. The number of methoxy groups -OCH3 is 2. The molecular formula is C21H20N2O5. The fraction of sp³-hybridized carbons (Fsp3) is 0.190. The van der Waals surface area contributed by atoms with Gasteiger partial charge in [0.25, 0.3) is 0 Å². The number of nitrogens with zero attached hydrogens (tertiary/aromatic N) is 2. The fourth-order valence-corrected chi connectivity index (χ4v) is 2.94. The van der Waals surface area contributed by atoms with E-state index in [1.54, 1.807) is 37.3 Å². The van der Waals surface area contributed by atoms with Crippen molar-refractivity contribution >= 4 is 11.9 Å². The zero-order valence-electron chi connectivity index (χ0n) is 16.0. The normalized spacial score (nSPS) is 10.6. The molecule has 0 unspecified atom stereocenters. The van der Waals surface area contributed by atoms with E-state index < -0.39 is 11.9 Å². The number of rotatable bonds is 4. The zero-order valence-corrected chi connectivity index (χ0v) is 16.0. The summed E-state index contributed by atoms with van der Waals surface area (Å²) in [4.78, 5) is 25.1. The van der Waals surface area contributed by atoms with Gasteiger partial charge in [0.15, 0.2) is 5.69 Å². The Morgan fingerprint density at radius 2 is 1.61 bits per heavy atom. The van der Waals surface area contributed by atoms with E-state index >= 15 is 0 Å². The number of para-hydroxylation sites is 1. The number of esters is 2. The van der Waals surface area contributed by atoms with Crippen molar-refractivity contribution in [2.75, 3.05) is 14.2 Å². The Morgan fingerprint density at radius 1 is 0.964 bits per heavy atom. The summed E-state index contributed by atoms with van der Waals surface area (Å²) in [5.41, 5.74) is 2.41. The minimum Gasteiger partial charge on any atom is -0.507 e. The van der Waals surface area contributed by atoms with Gasteiger partial charge in [-0.3, -0.25) is 0 Å². The molecular weight excluding hydrogens is 360 g/mol. The summed E-state index contributed by atoms with van der Waals surface area (Å²) < 4.78 is 11.1. The highest BCUT2D eigenvalue weighted by atomic mass is 16.5. The van der Waals surface area contributed by atoms with Crippen molar-refractivity contribution < 1.29 is 24.2 Å². The van der Waals surface area contributed by atoms with Gasteiger partial charge in [-0.05, 0) is 43.2 Å². The number of carbonyl (C=O) groups excluding carboxylic acids is 2. The molecule has 3 aromatic rings. The van der Waals surface area contributed by atoms with Gasteiger partial charge in [-0.15, -0.1) is 0 Å². The molecule has 0 saturated carbocycles. The lowest BCUT2D eigenvalue weighted by Gasteiger charge is -2.09. The summed E-state index contributed by atoms with van der Waals surface area (Å²) in [5, 5.41) is 15.1. The highest BCUT2D eigenvalue weighted by Gasteiger charge is 2.32. The number of benzene rings is 2. The largest absolute Gasteiger partial charge is 0.507 e. The van der Waals surface area contributed by atoms with Crippen LogP contribution in [0.1, 0.15) is 32.0 Å². The minimum atomic E-state index is -0.754. The van der Waals surface area contributed by atoms with Crippen LogP contribution < -0.4 is 0 Å². The third kappa shape index (κ3) is 3.11. The molecule has 2 aromatic carbocycles. The van der Waals surface area contributed by atoms with E-state index in [9.17, 15) is 14.7 Å². The SMILES string of the molecule is COC(=O)c1c(-c2ccc(C)c(C)c2O)nn(-c2ccccc2)c1C(=O)OC. The molecule has 0 fully saturated rings. The Balaban J connectivity index is 2.41. The first-order valence-electron chi connectivity index (χ1n) is 8.55. The topological polar surface area (TPSA) is 90.6 Å². The summed E-state index contributed by atoms with van der Waals surface area (Å²) >= 11 is 0. The molecule has 0 atom stereocenters. The molecule has 0 bridgehead atoms. The van der Waals surface area contributed by atoms with Gasteiger partial charge in [-0.2, -0.15) is 5.10 Å². The third-order valence-corrected chi connectivity index (χ3v) is 4.61. The molecule has 1 N–H and O–H groups in total. The molecule has 0 aliphatic rings. The molecule has 0 radical (unpaired) electrons. The Hall–Kier alpha value is -3.61. The number of aromatic nitrogens is 2. The smallest absolute Gasteiger partial charge is 0.357 e. The van der Waals surface area contributed by atoms with Gasteiger partial charge in [0, 0.05) is 5.56 Å². The first-order chi connectivity index (χ1) is 13.4. The number of hydrogen-bond acceptors (Lipinski definition) is 6. The average Bonchev–Trinajstić information content (AvgIpc) is 3.12. The Kier molecular flexibility index (Phi) is 5.17. The summed E-state index contributed by atoms with van der Waals surface area (Å²) in [6, 6.07) is 12.3. The van der Waals surface area contributed by atoms with Crippen molar-refractivity contribution in [3.63, 3.8) is 0 Å². The van der Waals surface area contributed by atoms with Crippen LogP contribution >= 0.6 is 0 Å². The van der Waals surface area contributed by atoms with Crippen LogP contribution in [0.3, 0.4) is 0 Å². The van der Waals surface area contributed by atoms with E-state index in [0.29, 0.717) is 16.8 Å². The van der Waals surface area contributed by atoms with Crippen LogP contribution in [-0.2, 0) is 9.47 Å². The maximum atomic E-state index is 12.6. The Labute approximate surface area is 162 Å². The number of ether oxygens (including phenoxy) is 2. The van der Waals surface area contributed by atoms with Gasteiger partial charge in [0.2, 0.25) is 0 Å². The summed E-state index contributed by atoms with van der Waals surface area (Å²) in [5.74, 6) is -1.51. The fourth-order valence-electron chi connectivity index (χ4n) is 2.94. The van der Waals surface area contributed by atoms with Crippen LogP contribution in [0, 0.1) is 13.8 Å². The van der Waals surface area contributed by atoms with Gasteiger partial charge in [0.05, 0.1) is 19.9 Å². The van der Waals surface area contributed by atoms with E-state index in [-0.39, 0.29) is 22.7 Å². The highest BCUT2D eigenvalue weighted by Crippen LogP contribution is 2.37. The number of hydrogen-bond donors (Lipinski definition) is 1. The molecule has 7 nitrogen and oxygen atoms in total. The van der Waals surface area contributed by atoms with Crippen molar-refractivity contribution in [1.29, 1.82) is 0 Å². The lowest BCUT2D eigenvalue weighted by molar-refractivity contribution is 0.0549. The van der Waals surface area contributed by atoms with Gasteiger partial charge >= 0.3 is 11.9 Å². The molecule has 3 rings (SSSR count). The second-order valence-corrected chi connectivity index (χ2v) is 6.21. The van der Waals surface area contributed by atoms with Crippen molar-refractivity contribution in [3.05, 3.63) is 64.8 Å². The minimum absolute atomic E-state index is 0.0146. The third-order valence-electron chi connectivity index (χ3n) is 4.61. The first kappa shape index (κ1) is 19.2. The van der Waals surface area contributed by atoms with Crippen LogP contribution in [0.25, 0.3) is 16.9 Å². The zero-order chi connectivity index (χ0) is 20.4. The summed E-state index contributed by atoms with van der Waals surface area (Å²) in [6.45, 7) is 3.63. The van der Waals surface area contributed by atoms with E-state index in [1.807, 2.05) is 19.1 Å². The van der Waals surface area contributed by atoms with Crippen LogP contribution in [0.2, 0.25) is 0 Å². The van der Waals surface area contributed by atoms with E-state index in [1.165, 1.54) is 18.9 Å². The molecule has 7 heteroatoms. The molecule has 144 valence electrons. The van der Waals surface area contributed by atoms with Crippen LogP contribution in [0.4, 0.5) is 0 Å². The van der Waals surface area contributed by atoms with Crippen molar-refractivity contribution in [3.8, 4) is 22.7 Å². The number of aromatic hydroxyl groups is 1. The molecule has 0 aliphatic heterocycles.